The maximum atomic E-state index is 5.74. The summed E-state index contributed by atoms with van der Waals surface area (Å²) < 4.78 is 5.74. The first-order chi connectivity index (χ1) is 10.7. The number of hydrogen-bond acceptors (Lipinski definition) is 3. The summed E-state index contributed by atoms with van der Waals surface area (Å²) in [6, 6.07) is 8.66. The Labute approximate surface area is 161 Å². The summed E-state index contributed by atoms with van der Waals surface area (Å²) in [5.74, 6) is 1.79. The minimum Gasteiger partial charge on any atom is -0.492 e. The Balaban J connectivity index is 0.00000264. The lowest BCUT2D eigenvalue weighted by atomic mass is 10.2. The number of nitrogens with one attached hydrogen (secondary N) is 2. The van der Waals surface area contributed by atoms with Crippen LogP contribution in [0.1, 0.15) is 24.8 Å². The summed E-state index contributed by atoms with van der Waals surface area (Å²) in [4.78, 5) is 4.29. The molecule has 23 heavy (non-hydrogen) atoms. The van der Waals surface area contributed by atoms with Crippen molar-refractivity contribution < 1.29 is 4.74 Å². The molecule has 130 valence electrons. The van der Waals surface area contributed by atoms with Crippen molar-refractivity contribution >= 4 is 41.7 Å². The third-order valence-corrected chi connectivity index (χ3v) is 5.03. The van der Waals surface area contributed by atoms with Crippen LogP contribution < -0.4 is 15.4 Å². The van der Waals surface area contributed by atoms with E-state index in [-0.39, 0.29) is 24.0 Å². The molecule has 1 aliphatic rings. The van der Waals surface area contributed by atoms with E-state index in [2.05, 4.69) is 34.9 Å². The highest BCUT2D eigenvalue weighted by molar-refractivity contribution is 14.0. The van der Waals surface area contributed by atoms with Gasteiger partial charge in [-0.25, -0.2) is 0 Å². The van der Waals surface area contributed by atoms with Crippen molar-refractivity contribution in [2.24, 2.45) is 4.99 Å². The molecule has 6 heteroatoms. The lowest BCUT2D eigenvalue weighted by molar-refractivity contribution is 0.321. The van der Waals surface area contributed by atoms with Crippen LogP contribution in [0, 0.1) is 6.92 Å². The number of thioether (sulfide) groups is 1. The molecule has 0 spiro atoms. The van der Waals surface area contributed by atoms with Gasteiger partial charge in [0.15, 0.2) is 5.96 Å². The Morgan fingerprint density at radius 2 is 2.22 bits per heavy atom. The number of rotatable bonds is 6. The molecule has 0 heterocycles. The van der Waals surface area contributed by atoms with Gasteiger partial charge < -0.3 is 15.4 Å². The summed E-state index contributed by atoms with van der Waals surface area (Å²) >= 11 is 1.97. The van der Waals surface area contributed by atoms with Crippen molar-refractivity contribution in [3.63, 3.8) is 0 Å². The Bertz CT molecular complexity index is 498. The van der Waals surface area contributed by atoms with E-state index >= 15 is 0 Å². The summed E-state index contributed by atoms with van der Waals surface area (Å²) in [5, 5.41) is 7.62. The van der Waals surface area contributed by atoms with E-state index in [9.17, 15) is 0 Å². The fourth-order valence-corrected chi connectivity index (χ4v) is 3.51. The van der Waals surface area contributed by atoms with Crippen molar-refractivity contribution in [2.75, 3.05) is 26.5 Å². The minimum absolute atomic E-state index is 0. The van der Waals surface area contributed by atoms with Crippen LogP contribution in [0.25, 0.3) is 0 Å². The van der Waals surface area contributed by atoms with E-state index in [1.54, 1.807) is 0 Å². The molecule has 2 rings (SSSR count). The quantitative estimate of drug-likeness (QED) is 0.302. The number of benzene rings is 1. The van der Waals surface area contributed by atoms with Crippen molar-refractivity contribution in [3.8, 4) is 5.75 Å². The summed E-state index contributed by atoms with van der Waals surface area (Å²) in [7, 11) is 1.82. The van der Waals surface area contributed by atoms with E-state index in [4.69, 9.17) is 4.74 Å². The molecule has 1 aliphatic carbocycles. The van der Waals surface area contributed by atoms with Crippen LogP contribution in [-0.4, -0.2) is 43.7 Å². The highest BCUT2D eigenvalue weighted by Crippen LogP contribution is 2.27. The van der Waals surface area contributed by atoms with Crippen molar-refractivity contribution in [2.45, 2.75) is 37.5 Å². The van der Waals surface area contributed by atoms with Gasteiger partial charge in [0.1, 0.15) is 12.4 Å². The second kappa shape index (κ2) is 11.0. The maximum absolute atomic E-state index is 5.74. The van der Waals surface area contributed by atoms with Crippen LogP contribution in [0.15, 0.2) is 29.3 Å². The smallest absolute Gasteiger partial charge is 0.191 e. The molecule has 0 aliphatic heterocycles. The van der Waals surface area contributed by atoms with E-state index in [0.717, 1.165) is 23.5 Å². The van der Waals surface area contributed by atoms with Crippen molar-refractivity contribution in [1.82, 2.24) is 10.6 Å². The lowest BCUT2D eigenvalue weighted by Crippen LogP contribution is -2.43. The summed E-state index contributed by atoms with van der Waals surface area (Å²) in [5.41, 5.74) is 1.22. The Morgan fingerprint density at radius 3 is 2.87 bits per heavy atom. The molecule has 0 aromatic heterocycles. The number of halogens is 1. The van der Waals surface area contributed by atoms with Crippen molar-refractivity contribution in [1.29, 1.82) is 0 Å². The average molecular weight is 449 g/mol. The van der Waals surface area contributed by atoms with Crippen LogP contribution >= 0.6 is 35.7 Å². The van der Waals surface area contributed by atoms with E-state index in [1.807, 2.05) is 37.0 Å². The van der Waals surface area contributed by atoms with Gasteiger partial charge in [-0.05, 0) is 50.1 Å². The fraction of sp³-hybridized carbons (Fsp3) is 0.588. The minimum atomic E-state index is 0. The van der Waals surface area contributed by atoms with Crippen LogP contribution in [0.3, 0.4) is 0 Å². The SMILES string of the molecule is CN=C(NCCOc1cccc(C)c1)NC1CCC(SC)C1.I. The van der Waals surface area contributed by atoms with Crippen LogP contribution in [0.5, 0.6) is 5.75 Å². The van der Waals surface area contributed by atoms with Gasteiger partial charge in [-0.2, -0.15) is 11.8 Å². The molecule has 0 radical (unpaired) electrons. The fourth-order valence-electron chi connectivity index (χ4n) is 2.72. The van der Waals surface area contributed by atoms with Crippen molar-refractivity contribution in [3.05, 3.63) is 29.8 Å². The molecular weight excluding hydrogens is 421 g/mol. The highest BCUT2D eigenvalue weighted by Gasteiger charge is 2.24. The van der Waals surface area contributed by atoms with E-state index in [1.165, 1.54) is 24.8 Å². The Hall–Kier alpha value is -0.630. The van der Waals surface area contributed by atoms with Crippen LogP contribution in [0.2, 0.25) is 0 Å². The molecule has 0 saturated heterocycles. The highest BCUT2D eigenvalue weighted by atomic mass is 127. The number of nitrogens with zero attached hydrogens (tertiary/aromatic N) is 1. The number of hydrogen-bond donors (Lipinski definition) is 2. The zero-order chi connectivity index (χ0) is 15.8. The molecule has 1 saturated carbocycles. The van der Waals surface area contributed by atoms with Gasteiger partial charge in [0, 0.05) is 18.3 Å². The molecule has 0 amide bonds. The molecule has 4 nitrogen and oxygen atoms in total. The third kappa shape index (κ3) is 7.20. The van der Waals surface area contributed by atoms with Gasteiger partial charge in [0.05, 0.1) is 6.54 Å². The maximum Gasteiger partial charge on any atom is 0.191 e. The van der Waals surface area contributed by atoms with Crippen LogP contribution in [-0.2, 0) is 0 Å². The van der Waals surface area contributed by atoms with Gasteiger partial charge in [-0.15, -0.1) is 24.0 Å². The second-order valence-electron chi connectivity index (χ2n) is 5.68. The molecule has 2 N–H and O–H groups in total. The van der Waals surface area contributed by atoms with Gasteiger partial charge in [-0.1, -0.05) is 12.1 Å². The first kappa shape index (κ1) is 20.4. The molecule has 2 atom stereocenters. The molecule has 1 fully saturated rings. The molecule has 1 aromatic rings. The molecule has 0 bridgehead atoms. The molecule has 1 aromatic carbocycles. The Kier molecular flexibility index (Phi) is 9.78. The van der Waals surface area contributed by atoms with Gasteiger partial charge >= 0.3 is 0 Å². The first-order valence-electron chi connectivity index (χ1n) is 7.90. The summed E-state index contributed by atoms with van der Waals surface area (Å²) in [6.07, 6.45) is 5.95. The number of aliphatic imine (C=N–C) groups is 1. The number of aryl methyl sites for hydroxylation is 1. The lowest BCUT2D eigenvalue weighted by Gasteiger charge is -2.17. The molecular formula is C17H28IN3OS. The normalized spacial score (nSPS) is 20.7. The van der Waals surface area contributed by atoms with Gasteiger partial charge in [-0.3, -0.25) is 4.99 Å². The van der Waals surface area contributed by atoms with E-state index < -0.39 is 0 Å². The van der Waals surface area contributed by atoms with E-state index in [0.29, 0.717) is 12.6 Å². The molecule has 2 unspecified atom stereocenters. The number of ether oxygens (including phenoxy) is 1. The zero-order valence-corrected chi connectivity index (χ0v) is 17.3. The first-order valence-corrected chi connectivity index (χ1v) is 9.19. The average Bonchev–Trinajstić information content (AvgIpc) is 2.98. The second-order valence-corrected chi connectivity index (χ2v) is 6.81. The largest absolute Gasteiger partial charge is 0.492 e. The van der Waals surface area contributed by atoms with Gasteiger partial charge in [0.2, 0.25) is 0 Å². The van der Waals surface area contributed by atoms with Gasteiger partial charge in [0.25, 0.3) is 0 Å². The predicted octanol–water partition coefficient (Wildman–Crippen LogP) is 3.44. The monoisotopic (exact) mass is 449 g/mol. The third-order valence-electron chi connectivity index (χ3n) is 3.94. The standard InChI is InChI=1S/C17H27N3OS.HI/c1-13-5-4-6-15(11-13)21-10-9-19-17(18-2)20-14-7-8-16(12-14)22-3;/h4-6,11,14,16H,7-10,12H2,1-3H3,(H2,18,19,20);1H. The number of guanidine groups is 1. The topological polar surface area (TPSA) is 45.7 Å². The predicted molar refractivity (Wildman–Crippen MR) is 112 cm³/mol. The zero-order valence-electron chi connectivity index (χ0n) is 14.2. The Morgan fingerprint density at radius 1 is 1.39 bits per heavy atom. The van der Waals surface area contributed by atoms with Crippen LogP contribution in [0.4, 0.5) is 0 Å². The summed E-state index contributed by atoms with van der Waals surface area (Å²) in [6.45, 7) is 3.44.